The van der Waals surface area contributed by atoms with Gasteiger partial charge in [0, 0.05) is 23.0 Å². The van der Waals surface area contributed by atoms with Crippen LogP contribution in [-0.2, 0) is 21.8 Å². The Hall–Kier alpha value is -3.11. The van der Waals surface area contributed by atoms with E-state index in [9.17, 15) is 4.79 Å². The Labute approximate surface area is 198 Å². The van der Waals surface area contributed by atoms with E-state index in [0.717, 1.165) is 0 Å². The first-order chi connectivity index (χ1) is 16.0. The average Bonchev–Trinajstić information content (AvgIpc) is 3.55. The van der Waals surface area contributed by atoms with Crippen LogP contribution in [0.5, 0.6) is 5.75 Å². The maximum Gasteiger partial charge on any atom is 0.347 e. The molecule has 11 heteroatoms. The summed E-state index contributed by atoms with van der Waals surface area (Å²) < 4.78 is 21.7. The first-order valence-corrected chi connectivity index (χ1v) is 10.9. The van der Waals surface area contributed by atoms with Gasteiger partial charge in [-0.15, -0.1) is 0 Å². The van der Waals surface area contributed by atoms with Crippen molar-refractivity contribution < 1.29 is 14.2 Å². The van der Waals surface area contributed by atoms with Crippen molar-refractivity contribution in [3.8, 4) is 11.4 Å². The van der Waals surface area contributed by atoms with Gasteiger partial charge in [-0.05, 0) is 36.4 Å². The standard InChI is InChI=1S/C22H19Cl2N5O4/c23-15-1-6-19(20(24)9-15)22(12-28-8-7-25-13-28)32-11-18(33-22)10-31-17-4-2-16(3-5-17)29-14-26-27-21(29)30/h1-9,13-14,18H,10-12H2,(H,27,30). The molecule has 170 valence electrons. The summed E-state index contributed by atoms with van der Waals surface area (Å²) in [6.07, 6.45) is 6.29. The number of nitrogens with one attached hydrogen (secondary N) is 1. The minimum Gasteiger partial charge on any atom is -0.491 e. The third-order valence-corrected chi connectivity index (χ3v) is 5.80. The van der Waals surface area contributed by atoms with Crippen molar-refractivity contribution in [1.82, 2.24) is 24.3 Å². The number of ether oxygens (including phenoxy) is 3. The van der Waals surface area contributed by atoms with E-state index in [0.29, 0.717) is 40.2 Å². The van der Waals surface area contributed by atoms with Gasteiger partial charge in [0.1, 0.15) is 24.8 Å². The number of rotatable bonds is 7. The molecule has 1 aliphatic rings. The van der Waals surface area contributed by atoms with Gasteiger partial charge in [-0.25, -0.2) is 19.4 Å². The number of nitrogens with zero attached hydrogens (tertiary/aromatic N) is 4. The molecule has 0 amide bonds. The molecule has 33 heavy (non-hydrogen) atoms. The van der Waals surface area contributed by atoms with Gasteiger partial charge < -0.3 is 18.8 Å². The molecule has 0 aliphatic carbocycles. The molecule has 5 rings (SSSR count). The predicted octanol–water partition coefficient (Wildman–Crippen LogP) is 3.41. The number of aromatic nitrogens is 5. The smallest absolute Gasteiger partial charge is 0.347 e. The van der Waals surface area contributed by atoms with E-state index < -0.39 is 5.79 Å². The van der Waals surface area contributed by atoms with Gasteiger partial charge in [-0.3, -0.25) is 0 Å². The molecule has 0 saturated carbocycles. The highest BCUT2D eigenvalue weighted by Crippen LogP contribution is 2.40. The fourth-order valence-electron chi connectivity index (χ4n) is 3.70. The average molecular weight is 488 g/mol. The molecule has 0 bridgehead atoms. The Balaban J connectivity index is 1.30. The van der Waals surface area contributed by atoms with Crippen LogP contribution in [-0.4, -0.2) is 43.6 Å². The Morgan fingerprint density at radius 3 is 2.73 bits per heavy atom. The van der Waals surface area contributed by atoms with Gasteiger partial charge in [-0.1, -0.05) is 29.3 Å². The molecule has 1 saturated heterocycles. The van der Waals surface area contributed by atoms with Crippen LogP contribution >= 0.6 is 23.2 Å². The van der Waals surface area contributed by atoms with Gasteiger partial charge in [0.15, 0.2) is 0 Å². The molecule has 9 nitrogen and oxygen atoms in total. The normalized spacial score (nSPS) is 20.2. The minimum atomic E-state index is -1.11. The van der Waals surface area contributed by atoms with Crippen LogP contribution in [0.1, 0.15) is 5.56 Å². The second-order valence-electron chi connectivity index (χ2n) is 7.50. The molecule has 0 spiro atoms. The Bertz CT molecular complexity index is 1290. The summed E-state index contributed by atoms with van der Waals surface area (Å²) in [4.78, 5) is 15.8. The molecule has 1 fully saturated rings. The van der Waals surface area contributed by atoms with Gasteiger partial charge >= 0.3 is 5.69 Å². The third-order valence-electron chi connectivity index (χ3n) is 5.25. The summed E-state index contributed by atoms with van der Waals surface area (Å²) in [5.41, 5.74) is 1.05. The lowest BCUT2D eigenvalue weighted by Crippen LogP contribution is -2.34. The summed E-state index contributed by atoms with van der Waals surface area (Å²) in [6, 6.07) is 12.3. The lowest BCUT2D eigenvalue weighted by molar-refractivity contribution is -0.189. The highest BCUT2D eigenvalue weighted by atomic mass is 35.5. The Morgan fingerprint density at radius 2 is 2.03 bits per heavy atom. The SMILES string of the molecule is O=c1[nH]ncn1-c1ccc(OCC2COC(Cn3ccnc3)(c3ccc(Cl)cc3Cl)O2)cc1. The zero-order chi connectivity index (χ0) is 22.8. The summed E-state index contributed by atoms with van der Waals surface area (Å²) in [5, 5.41) is 7.07. The van der Waals surface area contributed by atoms with Crippen LogP contribution in [0.15, 0.2) is 72.3 Å². The van der Waals surface area contributed by atoms with Crippen molar-refractivity contribution in [2.75, 3.05) is 13.2 Å². The molecular weight excluding hydrogens is 469 g/mol. The highest BCUT2D eigenvalue weighted by Gasteiger charge is 2.45. The highest BCUT2D eigenvalue weighted by molar-refractivity contribution is 6.35. The lowest BCUT2D eigenvalue weighted by Gasteiger charge is -2.30. The van der Waals surface area contributed by atoms with Crippen LogP contribution in [0, 0.1) is 0 Å². The maximum absolute atomic E-state index is 11.7. The summed E-state index contributed by atoms with van der Waals surface area (Å²) in [6.45, 7) is 0.942. The second-order valence-corrected chi connectivity index (χ2v) is 8.34. The molecule has 1 N–H and O–H groups in total. The van der Waals surface area contributed by atoms with E-state index >= 15 is 0 Å². The van der Waals surface area contributed by atoms with E-state index in [2.05, 4.69) is 15.2 Å². The van der Waals surface area contributed by atoms with Gasteiger partial charge in [0.05, 0.1) is 30.2 Å². The minimum absolute atomic E-state index is 0.266. The third kappa shape index (κ3) is 4.53. The largest absolute Gasteiger partial charge is 0.491 e. The number of hydrogen-bond donors (Lipinski definition) is 1. The van der Waals surface area contributed by atoms with E-state index in [-0.39, 0.29) is 18.4 Å². The number of aromatic amines is 1. The fraction of sp³-hybridized carbons (Fsp3) is 0.227. The predicted molar refractivity (Wildman–Crippen MR) is 121 cm³/mol. The first-order valence-electron chi connectivity index (χ1n) is 10.1. The maximum atomic E-state index is 11.7. The molecule has 3 heterocycles. The van der Waals surface area contributed by atoms with Crippen LogP contribution in [0.3, 0.4) is 0 Å². The number of imidazole rings is 1. The van der Waals surface area contributed by atoms with Crippen molar-refractivity contribution in [1.29, 1.82) is 0 Å². The second kappa shape index (κ2) is 9.03. The fourth-order valence-corrected chi connectivity index (χ4v) is 4.25. The van der Waals surface area contributed by atoms with Gasteiger partial charge in [0.2, 0.25) is 5.79 Å². The molecule has 2 aromatic carbocycles. The van der Waals surface area contributed by atoms with Gasteiger partial charge in [-0.2, -0.15) is 5.10 Å². The molecule has 0 radical (unpaired) electrons. The summed E-state index contributed by atoms with van der Waals surface area (Å²) >= 11 is 12.6. The van der Waals surface area contributed by atoms with Gasteiger partial charge in [0.25, 0.3) is 0 Å². The van der Waals surface area contributed by atoms with E-state index in [1.807, 2.05) is 10.8 Å². The zero-order valence-electron chi connectivity index (χ0n) is 17.2. The van der Waals surface area contributed by atoms with Crippen LogP contribution in [0.4, 0.5) is 0 Å². The summed E-state index contributed by atoms with van der Waals surface area (Å²) in [7, 11) is 0. The van der Waals surface area contributed by atoms with E-state index in [1.165, 1.54) is 10.9 Å². The first kappa shape index (κ1) is 21.7. The van der Waals surface area contributed by atoms with E-state index in [4.69, 9.17) is 37.4 Å². The number of H-pyrrole nitrogens is 1. The van der Waals surface area contributed by atoms with Crippen molar-refractivity contribution >= 4 is 23.2 Å². The summed E-state index contributed by atoms with van der Waals surface area (Å²) in [5.74, 6) is -0.474. The van der Waals surface area contributed by atoms with Crippen LogP contribution in [0.25, 0.3) is 5.69 Å². The number of halogens is 2. The molecular formula is C22H19Cl2N5O4. The molecule has 2 atom stereocenters. The van der Waals surface area contributed by atoms with Crippen LogP contribution in [0.2, 0.25) is 10.0 Å². The molecule has 4 aromatic rings. The molecule has 1 aliphatic heterocycles. The lowest BCUT2D eigenvalue weighted by atomic mass is 10.1. The number of hydrogen-bond acceptors (Lipinski definition) is 6. The molecule has 2 aromatic heterocycles. The Morgan fingerprint density at radius 1 is 1.18 bits per heavy atom. The monoisotopic (exact) mass is 487 g/mol. The van der Waals surface area contributed by atoms with Crippen molar-refractivity contribution in [2.24, 2.45) is 0 Å². The quantitative estimate of drug-likeness (QED) is 0.429. The van der Waals surface area contributed by atoms with Crippen molar-refractivity contribution in [3.05, 3.63) is 93.6 Å². The Kier molecular flexibility index (Phi) is 5.94. The van der Waals surface area contributed by atoms with Crippen LogP contribution < -0.4 is 10.4 Å². The topological polar surface area (TPSA) is 96.2 Å². The molecule has 2 unspecified atom stereocenters. The van der Waals surface area contributed by atoms with Crippen molar-refractivity contribution in [2.45, 2.75) is 18.4 Å². The zero-order valence-corrected chi connectivity index (χ0v) is 18.7. The van der Waals surface area contributed by atoms with Crippen molar-refractivity contribution in [3.63, 3.8) is 0 Å². The number of benzene rings is 2. The van der Waals surface area contributed by atoms with E-state index in [1.54, 1.807) is 55.0 Å².